The van der Waals surface area contributed by atoms with Gasteiger partial charge in [0.15, 0.2) is 5.60 Å². The van der Waals surface area contributed by atoms with Gasteiger partial charge < -0.3 is 72.3 Å². The van der Waals surface area contributed by atoms with Gasteiger partial charge in [-0.05, 0) is 85.1 Å². The topological polar surface area (TPSA) is 313 Å². The van der Waals surface area contributed by atoms with Gasteiger partial charge in [-0.1, -0.05) is 53.7 Å². The van der Waals surface area contributed by atoms with Gasteiger partial charge in [0, 0.05) is 96.5 Å². The fourth-order valence-corrected chi connectivity index (χ4v) is 13.7. The molecule has 11 N–H and O–H groups in total. The molecule has 12 atom stereocenters. The van der Waals surface area contributed by atoms with Crippen molar-refractivity contribution in [2.45, 2.75) is 140 Å². The quantitative estimate of drug-likeness (QED) is 0.108. The summed E-state index contributed by atoms with van der Waals surface area (Å²) in [4.78, 5) is 108. The summed E-state index contributed by atoms with van der Waals surface area (Å²) in [5.41, 5.74) is -1.70. The first kappa shape index (κ1) is 54.6. The Morgan fingerprint density at radius 3 is 1.39 bits per heavy atom. The van der Waals surface area contributed by atoms with Gasteiger partial charge in [-0.2, -0.15) is 0 Å². The average Bonchev–Trinajstić information content (AvgIpc) is 4.38. The van der Waals surface area contributed by atoms with Gasteiger partial charge in [0.05, 0.1) is 42.3 Å². The highest BCUT2D eigenvalue weighted by Gasteiger charge is 2.58. The number of nitrogens with one attached hydrogen (secondary N) is 9. The van der Waals surface area contributed by atoms with E-state index >= 15 is 0 Å². The Bertz CT molecular complexity index is 3050. The van der Waals surface area contributed by atoms with E-state index < -0.39 is 63.8 Å². The van der Waals surface area contributed by atoms with E-state index in [2.05, 4.69) is 47.9 Å². The third kappa shape index (κ3) is 9.25. The third-order valence-corrected chi connectivity index (χ3v) is 19.3. The standard InChI is InChI=1S/C58H71N9O13/c1-55(2)35(48(71)63-27-16-39(60-24-27)51(74)66-44-21-36(56(44,3)4)49(72)64-28-17-40(61-25-28)52(75)67-45-22-37(53(76)78-7)57(45,5)6)20-43(55)65-50(73)38-15-26(23-59-38)62-47(70)31-9-8-10-34-46(31)54(77)80-58(34)32-13-11-29(68)18-41(32)79-42-19-30(69)12-14-33(42)58/h8-14,18-19,26-28,35-40,43-45,59-61,68-69H,15-17,20-25H2,1-7H3,(H,62,70)(H,63,71)(H,64,72)(H,65,73)(H,66,74)(H,67,75)/t26-,27-,28-,35-,36-,37-,38-,39-,40-,43-,44-,45-/m0/s1. The number of esters is 2. The van der Waals surface area contributed by atoms with Crippen molar-refractivity contribution in [3.8, 4) is 23.0 Å². The van der Waals surface area contributed by atoms with Crippen molar-refractivity contribution >= 4 is 47.4 Å². The minimum Gasteiger partial charge on any atom is -0.508 e. The van der Waals surface area contributed by atoms with Gasteiger partial charge in [-0.3, -0.25) is 33.6 Å². The van der Waals surface area contributed by atoms with Crippen LogP contribution in [0.15, 0.2) is 54.6 Å². The van der Waals surface area contributed by atoms with E-state index in [4.69, 9.17) is 14.2 Å². The Balaban J connectivity index is 0.614. The van der Waals surface area contributed by atoms with Crippen LogP contribution in [0.1, 0.15) is 117 Å². The van der Waals surface area contributed by atoms with E-state index in [1.807, 2.05) is 41.5 Å². The molecule has 6 amide bonds. The van der Waals surface area contributed by atoms with Crippen molar-refractivity contribution < 1.29 is 62.8 Å². The zero-order chi connectivity index (χ0) is 57.0. The molecule has 3 saturated carbocycles. The maximum atomic E-state index is 14.0. The van der Waals surface area contributed by atoms with Crippen molar-refractivity contribution in [3.05, 3.63) is 82.4 Å². The van der Waals surface area contributed by atoms with Crippen molar-refractivity contribution in [1.29, 1.82) is 0 Å². The first-order valence-corrected chi connectivity index (χ1v) is 27.7. The normalized spacial score (nSPS) is 31.2. The first-order valence-electron chi connectivity index (χ1n) is 27.7. The maximum absolute atomic E-state index is 14.0. The van der Waals surface area contributed by atoms with Crippen molar-refractivity contribution in [1.82, 2.24) is 47.9 Å². The van der Waals surface area contributed by atoms with Crippen LogP contribution in [-0.2, 0) is 43.8 Å². The van der Waals surface area contributed by atoms with Crippen LogP contribution in [0.2, 0.25) is 0 Å². The number of rotatable bonds is 13. The highest BCUT2D eigenvalue weighted by molar-refractivity contribution is 6.09. The number of methoxy groups -OCH3 is 1. The average molecular weight is 1100 g/mol. The molecule has 0 aromatic heterocycles. The molecule has 1 spiro atoms. The molecule has 3 aromatic rings. The Kier molecular flexibility index (Phi) is 13.7. The third-order valence-electron chi connectivity index (χ3n) is 19.3. The lowest BCUT2D eigenvalue weighted by Gasteiger charge is -2.51. The highest BCUT2D eigenvalue weighted by atomic mass is 16.6. The molecule has 5 aliphatic heterocycles. The number of phenolic OH excluding ortho intramolecular Hbond substituents is 2. The molecular weight excluding hydrogens is 1030 g/mol. The smallest absolute Gasteiger partial charge is 0.340 e. The number of amides is 6. The lowest BCUT2D eigenvalue weighted by Crippen LogP contribution is -2.64. The largest absolute Gasteiger partial charge is 0.508 e. The highest BCUT2D eigenvalue weighted by Crippen LogP contribution is 2.58. The van der Waals surface area contributed by atoms with Gasteiger partial charge in [0.1, 0.15) is 23.0 Å². The van der Waals surface area contributed by atoms with Gasteiger partial charge in [-0.25, -0.2) is 4.79 Å². The summed E-state index contributed by atoms with van der Waals surface area (Å²) in [6.07, 6.45) is 2.48. The number of carbonyl (C=O) groups is 8. The number of hydrogen-bond donors (Lipinski definition) is 11. The van der Waals surface area contributed by atoms with E-state index in [0.717, 1.165) is 0 Å². The molecular formula is C58H71N9O13. The summed E-state index contributed by atoms with van der Waals surface area (Å²) < 4.78 is 17.2. The maximum Gasteiger partial charge on any atom is 0.340 e. The SMILES string of the molecule is COC(=O)[C@@H]1C[C@H](NC(=O)[C@@H]2C[C@H](NC(=O)[C@@H]3C[C@H](NC(=O)[C@@H]4C[C@H](NC(=O)[C@@H]5C[C@H](NC(=O)[C@@H]6C[C@H](NC(=O)c7cccc8c7C(=O)OC87c8ccc(O)cc8Oc8cc(O)ccc87)CN6)C5(C)C)CN4)C3(C)C)CN2)C1(C)C. The second-order valence-corrected chi connectivity index (χ2v) is 25.0. The Hall–Kier alpha value is -7.30. The summed E-state index contributed by atoms with van der Waals surface area (Å²) in [7, 11) is 1.36. The lowest BCUT2D eigenvalue weighted by atomic mass is 9.58. The van der Waals surface area contributed by atoms with Crippen molar-refractivity contribution in [2.24, 2.45) is 34.0 Å². The van der Waals surface area contributed by atoms with Crippen molar-refractivity contribution in [3.63, 3.8) is 0 Å². The summed E-state index contributed by atoms with van der Waals surface area (Å²) in [6, 6.07) is 10.4. The molecule has 22 heteroatoms. The van der Waals surface area contributed by atoms with E-state index in [9.17, 15) is 48.6 Å². The second kappa shape index (κ2) is 20.0. The first-order chi connectivity index (χ1) is 37.9. The molecule has 3 aromatic carbocycles. The fourth-order valence-electron chi connectivity index (χ4n) is 13.7. The molecule has 80 heavy (non-hydrogen) atoms. The zero-order valence-corrected chi connectivity index (χ0v) is 45.9. The number of benzene rings is 3. The van der Waals surface area contributed by atoms with Crippen LogP contribution in [0, 0.1) is 34.0 Å². The van der Waals surface area contributed by atoms with Crippen LogP contribution in [-0.4, -0.2) is 139 Å². The second-order valence-electron chi connectivity index (χ2n) is 25.0. The molecule has 22 nitrogen and oxygen atoms in total. The number of phenols is 2. The number of hydrogen-bond acceptors (Lipinski definition) is 16. The Morgan fingerprint density at radius 2 is 0.963 bits per heavy atom. The van der Waals surface area contributed by atoms with Crippen LogP contribution < -0.4 is 52.6 Å². The van der Waals surface area contributed by atoms with E-state index in [1.165, 1.54) is 37.4 Å². The molecule has 3 saturated heterocycles. The summed E-state index contributed by atoms with van der Waals surface area (Å²) in [5, 5.41) is 48.8. The number of ether oxygens (including phenoxy) is 3. The number of fused-ring (bicyclic) bond motifs is 6. The predicted octanol–water partition coefficient (Wildman–Crippen LogP) is 1.59. The molecule has 0 unspecified atom stereocenters. The molecule has 3 aliphatic carbocycles. The summed E-state index contributed by atoms with van der Waals surface area (Å²) in [6.45, 7) is 12.8. The summed E-state index contributed by atoms with van der Waals surface area (Å²) in [5.74, 6) is -3.20. The van der Waals surface area contributed by atoms with Gasteiger partial charge >= 0.3 is 11.9 Å². The van der Waals surface area contributed by atoms with E-state index in [0.29, 0.717) is 61.9 Å². The zero-order valence-electron chi connectivity index (χ0n) is 45.9. The Labute approximate surface area is 462 Å². The molecule has 6 fully saturated rings. The molecule has 426 valence electrons. The van der Waals surface area contributed by atoms with Gasteiger partial charge in [0.25, 0.3) is 5.91 Å². The number of aromatic hydroxyl groups is 2. The predicted molar refractivity (Wildman–Crippen MR) is 286 cm³/mol. The van der Waals surface area contributed by atoms with Gasteiger partial charge in [0.2, 0.25) is 29.5 Å². The van der Waals surface area contributed by atoms with Crippen molar-refractivity contribution in [2.75, 3.05) is 26.7 Å². The lowest BCUT2D eigenvalue weighted by molar-refractivity contribution is -0.160. The molecule has 0 bridgehead atoms. The van der Waals surface area contributed by atoms with Crippen LogP contribution in [0.3, 0.4) is 0 Å². The van der Waals surface area contributed by atoms with Gasteiger partial charge in [-0.15, -0.1) is 0 Å². The Morgan fingerprint density at radius 1 is 0.537 bits per heavy atom. The van der Waals surface area contributed by atoms with E-state index in [1.54, 1.807) is 24.3 Å². The molecule has 8 aliphatic rings. The molecule has 5 heterocycles. The van der Waals surface area contributed by atoms with Crippen LogP contribution in [0.25, 0.3) is 0 Å². The number of carbonyl (C=O) groups excluding carboxylic acids is 8. The summed E-state index contributed by atoms with van der Waals surface area (Å²) >= 11 is 0. The van der Waals surface area contributed by atoms with Crippen LogP contribution in [0.5, 0.6) is 23.0 Å². The van der Waals surface area contributed by atoms with E-state index in [-0.39, 0.29) is 125 Å². The van der Waals surface area contributed by atoms with Crippen LogP contribution >= 0.6 is 0 Å². The van der Waals surface area contributed by atoms with Crippen LogP contribution in [0.4, 0.5) is 0 Å². The fraction of sp³-hybridized carbons (Fsp3) is 0.552. The minimum atomic E-state index is -1.54. The monoisotopic (exact) mass is 1100 g/mol. The molecule has 0 radical (unpaired) electrons. The molecule has 11 rings (SSSR count). The minimum absolute atomic E-state index is 0.0589.